The van der Waals surface area contributed by atoms with Crippen LogP contribution in [0.3, 0.4) is 0 Å². The summed E-state index contributed by atoms with van der Waals surface area (Å²) in [4.78, 5) is 10.2. The van der Waals surface area contributed by atoms with Crippen LogP contribution in [0.15, 0.2) is 24.3 Å². The molecule has 0 saturated heterocycles. The van der Waals surface area contributed by atoms with Crippen LogP contribution in [0.1, 0.15) is 12.0 Å². The van der Waals surface area contributed by atoms with Gasteiger partial charge in [-0.2, -0.15) is 0 Å². The lowest BCUT2D eigenvalue weighted by Crippen LogP contribution is -2.02. The lowest BCUT2D eigenvalue weighted by atomic mass is 10.2. The molecule has 0 radical (unpaired) electrons. The summed E-state index contributed by atoms with van der Waals surface area (Å²) in [5, 5.41) is 8.35. The van der Waals surface area contributed by atoms with E-state index < -0.39 is 5.97 Å². The van der Waals surface area contributed by atoms with Crippen LogP contribution >= 0.6 is 0 Å². The van der Waals surface area contributed by atoms with Gasteiger partial charge >= 0.3 is 5.97 Å². The zero-order chi connectivity index (χ0) is 10.4. The summed E-state index contributed by atoms with van der Waals surface area (Å²) in [7, 11) is 0. The van der Waals surface area contributed by atoms with E-state index in [0.717, 1.165) is 5.56 Å². The molecule has 0 amide bonds. The molecule has 76 valence electrons. The van der Waals surface area contributed by atoms with E-state index >= 15 is 0 Å². The minimum atomic E-state index is -0.845. The third-order valence-electron chi connectivity index (χ3n) is 1.71. The molecular weight excluding hydrogens is 182 g/mol. The van der Waals surface area contributed by atoms with E-state index in [9.17, 15) is 4.79 Å². The van der Waals surface area contributed by atoms with Gasteiger partial charge in [0.05, 0.1) is 19.6 Å². The quantitative estimate of drug-likeness (QED) is 0.548. The van der Waals surface area contributed by atoms with Gasteiger partial charge in [0.1, 0.15) is 0 Å². The Morgan fingerprint density at radius 1 is 1.36 bits per heavy atom. The van der Waals surface area contributed by atoms with Gasteiger partial charge in [-0.1, -0.05) is 12.1 Å². The zero-order valence-electron chi connectivity index (χ0n) is 7.77. The molecule has 0 unspecified atom stereocenters. The van der Waals surface area contributed by atoms with Crippen molar-refractivity contribution in [2.24, 2.45) is 0 Å². The summed E-state index contributed by atoms with van der Waals surface area (Å²) >= 11 is 0. The van der Waals surface area contributed by atoms with E-state index in [-0.39, 0.29) is 13.0 Å². The van der Waals surface area contributed by atoms with E-state index in [1.165, 1.54) is 0 Å². The minimum absolute atomic E-state index is 0.0367. The van der Waals surface area contributed by atoms with Crippen LogP contribution < -0.4 is 5.73 Å². The number of nitrogens with two attached hydrogens (primary N) is 1. The molecule has 0 atom stereocenters. The van der Waals surface area contributed by atoms with Crippen molar-refractivity contribution < 1.29 is 14.6 Å². The average molecular weight is 195 g/mol. The molecule has 1 aromatic carbocycles. The Labute approximate surface area is 82.3 Å². The number of hydrogen-bond acceptors (Lipinski definition) is 3. The van der Waals surface area contributed by atoms with Crippen LogP contribution in [0.2, 0.25) is 0 Å². The number of ether oxygens (including phenoxy) is 1. The van der Waals surface area contributed by atoms with Gasteiger partial charge in [-0.15, -0.1) is 0 Å². The summed E-state index contributed by atoms with van der Waals surface area (Å²) in [5.41, 5.74) is 7.20. The maximum Gasteiger partial charge on any atom is 0.305 e. The van der Waals surface area contributed by atoms with E-state index in [0.29, 0.717) is 12.3 Å². The number of carboxylic acid groups (broad SMARTS) is 1. The summed E-state index contributed by atoms with van der Waals surface area (Å²) in [5.74, 6) is -0.845. The first-order valence-electron chi connectivity index (χ1n) is 4.32. The fourth-order valence-electron chi connectivity index (χ4n) is 0.963. The number of aliphatic carboxylic acids is 1. The number of nitrogen functional groups attached to an aromatic ring is 1. The maximum absolute atomic E-state index is 10.2. The molecule has 1 rings (SSSR count). The van der Waals surface area contributed by atoms with Crippen molar-refractivity contribution >= 4 is 11.7 Å². The van der Waals surface area contributed by atoms with Gasteiger partial charge in [0.25, 0.3) is 0 Å². The van der Waals surface area contributed by atoms with E-state index in [4.69, 9.17) is 15.6 Å². The number of anilines is 1. The van der Waals surface area contributed by atoms with Crippen molar-refractivity contribution in [2.45, 2.75) is 13.0 Å². The molecule has 0 spiro atoms. The van der Waals surface area contributed by atoms with E-state index in [1.54, 1.807) is 12.1 Å². The lowest BCUT2D eigenvalue weighted by molar-refractivity contribution is -0.138. The van der Waals surface area contributed by atoms with Crippen molar-refractivity contribution in [1.29, 1.82) is 0 Å². The summed E-state index contributed by atoms with van der Waals surface area (Å²) in [6.07, 6.45) is 0.0367. The largest absolute Gasteiger partial charge is 0.481 e. The van der Waals surface area contributed by atoms with Crippen molar-refractivity contribution in [3.63, 3.8) is 0 Å². The van der Waals surface area contributed by atoms with E-state index in [1.807, 2.05) is 12.1 Å². The fourth-order valence-corrected chi connectivity index (χ4v) is 0.963. The Hall–Kier alpha value is -1.55. The van der Waals surface area contributed by atoms with Crippen LogP contribution in [0.5, 0.6) is 0 Å². The Balaban J connectivity index is 2.25. The van der Waals surface area contributed by atoms with Crippen molar-refractivity contribution in [1.82, 2.24) is 0 Å². The van der Waals surface area contributed by atoms with E-state index in [2.05, 4.69) is 0 Å². The standard InChI is InChI=1S/C10H13NO3/c11-9-3-1-8(2-4-9)7-14-6-5-10(12)13/h1-4H,5-7,11H2,(H,12,13). The van der Waals surface area contributed by atoms with Crippen LogP contribution in [-0.4, -0.2) is 17.7 Å². The summed E-state index contributed by atoms with van der Waals surface area (Å²) < 4.78 is 5.15. The number of rotatable bonds is 5. The SMILES string of the molecule is Nc1ccc(COCCC(=O)O)cc1. The third-order valence-corrected chi connectivity index (χ3v) is 1.71. The molecule has 0 saturated carbocycles. The summed E-state index contributed by atoms with van der Waals surface area (Å²) in [6, 6.07) is 7.29. The first kappa shape index (κ1) is 10.5. The van der Waals surface area contributed by atoms with Crippen LogP contribution in [0.4, 0.5) is 5.69 Å². The van der Waals surface area contributed by atoms with Crippen molar-refractivity contribution in [3.8, 4) is 0 Å². The van der Waals surface area contributed by atoms with Crippen LogP contribution in [-0.2, 0) is 16.1 Å². The highest BCUT2D eigenvalue weighted by molar-refractivity contribution is 5.66. The Morgan fingerprint density at radius 2 is 2.00 bits per heavy atom. The second-order valence-corrected chi connectivity index (χ2v) is 2.94. The fraction of sp³-hybridized carbons (Fsp3) is 0.300. The normalized spacial score (nSPS) is 10.0. The highest BCUT2D eigenvalue weighted by Crippen LogP contribution is 2.06. The zero-order valence-corrected chi connectivity index (χ0v) is 7.77. The molecule has 0 aliphatic rings. The number of carboxylic acids is 1. The molecule has 0 aliphatic carbocycles. The van der Waals surface area contributed by atoms with Crippen LogP contribution in [0.25, 0.3) is 0 Å². The minimum Gasteiger partial charge on any atom is -0.481 e. The van der Waals surface area contributed by atoms with Gasteiger partial charge in [-0.25, -0.2) is 0 Å². The number of carbonyl (C=O) groups is 1. The molecule has 0 bridgehead atoms. The maximum atomic E-state index is 10.2. The molecule has 0 aromatic heterocycles. The smallest absolute Gasteiger partial charge is 0.305 e. The molecule has 4 heteroatoms. The highest BCUT2D eigenvalue weighted by Gasteiger charge is 1.97. The second kappa shape index (κ2) is 5.24. The first-order valence-corrected chi connectivity index (χ1v) is 4.32. The van der Waals surface area contributed by atoms with Gasteiger partial charge in [-0.05, 0) is 17.7 Å². The molecule has 14 heavy (non-hydrogen) atoms. The predicted octanol–water partition coefficient (Wildman–Crippen LogP) is 1.26. The predicted molar refractivity (Wildman–Crippen MR) is 52.8 cm³/mol. The molecular formula is C10H13NO3. The topological polar surface area (TPSA) is 72.5 Å². The molecule has 0 heterocycles. The average Bonchev–Trinajstić information content (AvgIpc) is 2.15. The van der Waals surface area contributed by atoms with Gasteiger partial charge in [0.15, 0.2) is 0 Å². The van der Waals surface area contributed by atoms with Gasteiger partial charge < -0.3 is 15.6 Å². The Morgan fingerprint density at radius 3 is 2.57 bits per heavy atom. The number of hydrogen-bond donors (Lipinski definition) is 2. The lowest BCUT2D eigenvalue weighted by Gasteiger charge is -2.02. The molecule has 0 fully saturated rings. The first-order chi connectivity index (χ1) is 6.68. The molecule has 3 N–H and O–H groups in total. The molecule has 0 aliphatic heterocycles. The Kier molecular flexibility index (Phi) is 3.94. The van der Waals surface area contributed by atoms with Crippen LogP contribution in [0, 0.1) is 0 Å². The monoisotopic (exact) mass is 195 g/mol. The second-order valence-electron chi connectivity index (χ2n) is 2.94. The number of benzene rings is 1. The van der Waals surface area contributed by atoms with Gasteiger partial charge in [0.2, 0.25) is 0 Å². The van der Waals surface area contributed by atoms with Crippen molar-refractivity contribution in [2.75, 3.05) is 12.3 Å². The third kappa shape index (κ3) is 3.91. The molecule has 4 nitrogen and oxygen atoms in total. The molecule has 1 aromatic rings. The Bertz CT molecular complexity index is 295. The van der Waals surface area contributed by atoms with Gasteiger partial charge in [-0.3, -0.25) is 4.79 Å². The highest BCUT2D eigenvalue weighted by atomic mass is 16.5. The summed E-state index contributed by atoms with van der Waals surface area (Å²) in [6.45, 7) is 0.660. The van der Waals surface area contributed by atoms with Crippen molar-refractivity contribution in [3.05, 3.63) is 29.8 Å². The van der Waals surface area contributed by atoms with Gasteiger partial charge in [0, 0.05) is 5.69 Å².